The third-order valence-electron chi connectivity index (χ3n) is 4.17. The quantitative estimate of drug-likeness (QED) is 0.850. The Labute approximate surface area is 136 Å². The molecule has 1 aliphatic rings. The summed E-state index contributed by atoms with van der Waals surface area (Å²) in [6.45, 7) is 2.79. The van der Waals surface area contributed by atoms with Gasteiger partial charge in [0.2, 0.25) is 0 Å². The van der Waals surface area contributed by atoms with Crippen LogP contribution in [0.25, 0.3) is 0 Å². The Bertz CT molecular complexity index is 467. The van der Waals surface area contributed by atoms with E-state index in [4.69, 9.17) is 10.5 Å². The van der Waals surface area contributed by atoms with Gasteiger partial charge in [-0.1, -0.05) is 15.9 Å². The Morgan fingerprint density at radius 3 is 2.86 bits per heavy atom. The zero-order valence-electron chi connectivity index (χ0n) is 13.2. The molecule has 0 amide bonds. The molecule has 5 heteroatoms. The lowest BCUT2D eigenvalue weighted by Gasteiger charge is -2.34. The second-order valence-corrected chi connectivity index (χ2v) is 6.85. The molecule has 0 radical (unpaired) electrons. The average Bonchev–Trinajstić information content (AvgIpc) is 2.87. The number of likely N-dealkylation sites (N-methyl/N-ethyl adjacent to an activating group) is 1. The highest BCUT2D eigenvalue weighted by Gasteiger charge is 2.32. The van der Waals surface area contributed by atoms with Gasteiger partial charge >= 0.3 is 0 Å². The molecular weight excluding hydrogens is 330 g/mol. The highest BCUT2D eigenvalue weighted by molar-refractivity contribution is 9.10. The molecule has 118 valence electrons. The van der Waals surface area contributed by atoms with Crippen LogP contribution in [0.5, 0.6) is 5.75 Å². The molecule has 0 aromatic heterocycles. The zero-order valence-corrected chi connectivity index (χ0v) is 14.8. The van der Waals surface area contributed by atoms with Crippen molar-refractivity contribution in [2.45, 2.75) is 24.9 Å². The van der Waals surface area contributed by atoms with Crippen LogP contribution in [0.1, 0.15) is 24.4 Å². The van der Waals surface area contributed by atoms with Crippen molar-refractivity contribution >= 4 is 15.9 Å². The first-order chi connectivity index (χ1) is 10.1. The van der Waals surface area contributed by atoms with E-state index in [1.807, 2.05) is 12.1 Å². The van der Waals surface area contributed by atoms with Gasteiger partial charge in [-0.3, -0.25) is 4.90 Å². The number of nitrogens with zero attached hydrogens (tertiary/aromatic N) is 2. The molecule has 1 aliphatic heterocycles. The van der Waals surface area contributed by atoms with Crippen molar-refractivity contribution in [1.29, 1.82) is 0 Å². The Balaban J connectivity index is 2.28. The summed E-state index contributed by atoms with van der Waals surface area (Å²) in [6, 6.07) is 6.94. The first kappa shape index (κ1) is 16.7. The third kappa shape index (κ3) is 3.97. The van der Waals surface area contributed by atoms with Crippen molar-refractivity contribution in [2.75, 3.05) is 40.8 Å². The number of benzene rings is 1. The van der Waals surface area contributed by atoms with Gasteiger partial charge in [0.1, 0.15) is 5.75 Å². The summed E-state index contributed by atoms with van der Waals surface area (Å²) in [4.78, 5) is 4.80. The lowest BCUT2D eigenvalue weighted by atomic mass is 10.0. The van der Waals surface area contributed by atoms with Gasteiger partial charge in [-0.25, -0.2) is 0 Å². The van der Waals surface area contributed by atoms with Crippen LogP contribution in [0.15, 0.2) is 22.7 Å². The number of methoxy groups -OCH3 is 1. The molecule has 1 aromatic rings. The summed E-state index contributed by atoms with van der Waals surface area (Å²) in [6.07, 6.45) is 2.48. The minimum atomic E-state index is 0.213. The predicted molar refractivity (Wildman–Crippen MR) is 90.8 cm³/mol. The van der Waals surface area contributed by atoms with Gasteiger partial charge in [0.15, 0.2) is 0 Å². The molecule has 2 N–H and O–H groups in total. The largest absolute Gasteiger partial charge is 0.496 e. The van der Waals surface area contributed by atoms with E-state index in [2.05, 4.69) is 45.9 Å². The van der Waals surface area contributed by atoms with Crippen LogP contribution in [0, 0.1) is 0 Å². The maximum absolute atomic E-state index is 6.13. The molecule has 2 unspecified atom stereocenters. The second-order valence-electron chi connectivity index (χ2n) is 5.93. The number of hydrogen-bond acceptors (Lipinski definition) is 4. The minimum absolute atomic E-state index is 0.213. The van der Waals surface area contributed by atoms with Crippen LogP contribution in [0.2, 0.25) is 0 Å². The SMILES string of the molecule is COc1ccc(Br)cc1C(CN)N1CCCC1CN(C)C. The van der Waals surface area contributed by atoms with Crippen LogP contribution >= 0.6 is 15.9 Å². The molecule has 1 fully saturated rings. The molecule has 0 saturated carbocycles. The molecule has 1 heterocycles. The molecule has 21 heavy (non-hydrogen) atoms. The Morgan fingerprint density at radius 1 is 1.48 bits per heavy atom. The lowest BCUT2D eigenvalue weighted by molar-refractivity contribution is 0.153. The normalized spacial score (nSPS) is 21.0. The van der Waals surface area contributed by atoms with Crippen molar-refractivity contribution in [3.05, 3.63) is 28.2 Å². The van der Waals surface area contributed by atoms with E-state index in [0.29, 0.717) is 12.6 Å². The van der Waals surface area contributed by atoms with Gasteiger partial charge in [0, 0.05) is 29.2 Å². The van der Waals surface area contributed by atoms with E-state index < -0.39 is 0 Å². The van der Waals surface area contributed by atoms with Crippen LogP contribution in [-0.4, -0.2) is 56.7 Å². The third-order valence-corrected chi connectivity index (χ3v) is 4.67. The van der Waals surface area contributed by atoms with Gasteiger partial charge in [-0.05, 0) is 51.7 Å². The summed E-state index contributed by atoms with van der Waals surface area (Å²) in [5.74, 6) is 0.921. The second kappa shape index (κ2) is 7.58. The zero-order chi connectivity index (χ0) is 15.4. The minimum Gasteiger partial charge on any atom is -0.496 e. The maximum Gasteiger partial charge on any atom is 0.123 e. The molecular formula is C16H26BrN3O. The van der Waals surface area contributed by atoms with Crippen molar-refractivity contribution in [3.8, 4) is 5.75 Å². The molecule has 2 rings (SSSR count). The fraction of sp³-hybridized carbons (Fsp3) is 0.625. The number of nitrogens with two attached hydrogens (primary N) is 1. The van der Waals surface area contributed by atoms with Crippen molar-refractivity contribution in [1.82, 2.24) is 9.80 Å². The van der Waals surface area contributed by atoms with Gasteiger partial charge in [0.05, 0.1) is 13.2 Å². The van der Waals surface area contributed by atoms with Crippen LogP contribution in [0.4, 0.5) is 0 Å². The van der Waals surface area contributed by atoms with Crippen LogP contribution in [0.3, 0.4) is 0 Å². The molecule has 2 atom stereocenters. The first-order valence-corrected chi connectivity index (χ1v) is 8.30. The standard InChI is InChI=1S/C16H26BrN3O/c1-19(2)11-13-5-4-8-20(13)15(10-18)14-9-12(17)6-7-16(14)21-3/h6-7,9,13,15H,4-5,8,10-11,18H2,1-3H3. The monoisotopic (exact) mass is 355 g/mol. The predicted octanol–water partition coefficient (Wildman–Crippen LogP) is 2.48. The topological polar surface area (TPSA) is 41.7 Å². The molecule has 1 aromatic carbocycles. The number of likely N-dealkylation sites (tertiary alicyclic amines) is 1. The highest BCUT2D eigenvalue weighted by Crippen LogP contribution is 2.35. The molecule has 4 nitrogen and oxygen atoms in total. The fourth-order valence-corrected chi connectivity index (χ4v) is 3.67. The number of halogens is 1. The summed E-state index contributed by atoms with van der Waals surface area (Å²) in [5.41, 5.74) is 7.31. The van der Waals surface area contributed by atoms with Gasteiger partial charge < -0.3 is 15.4 Å². The summed E-state index contributed by atoms with van der Waals surface area (Å²) in [7, 11) is 5.99. The van der Waals surface area contributed by atoms with Gasteiger partial charge in [-0.15, -0.1) is 0 Å². The first-order valence-electron chi connectivity index (χ1n) is 7.50. The van der Waals surface area contributed by atoms with E-state index in [-0.39, 0.29) is 6.04 Å². The van der Waals surface area contributed by atoms with Crippen LogP contribution < -0.4 is 10.5 Å². The Morgan fingerprint density at radius 2 is 2.24 bits per heavy atom. The number of hydrogen-bond donors (Lipinski definition) is 1. The summed E-state index contributed by atoms with van der Waals surface area (Å²) >= 11 is 3.56. The Kier molecular flexibility index (Phi) is 6.05. The fourth-order valence-electron chi connectivity index (χ4n) is 3.29. The van der Waals surface area contributed by atoms with Gasteiger partial charge in [0.25, 0.3) is 0 Å². The smallest absolute Gasteiger partial charge is 0.123 e. The van der Waals surface area contributed by atoms with E-state index >= 15 is 0 Å². The Hall–Kier alpha value is -0.620. The van der Waals surface area contributed by atoms with Crippen LogP contribution in [-0.2, 0) is 0 Å². The van der Waals surface area contributed by atoms with E-state index in [1.165, 1.54) is 18.4 Å². The van der Waals surface area contributed by atoms with E-state index in [0.717, 1.165) is 23.3 Å². The molecule has 0 bridgehead atoms. The molecule has 0 spiro atoms. The lowest BCUT2D eigenvalue weighted by Crippen LogP contribution is -2.42. The van der Waals surface area contributed by atoms with Crippen molar-refractivity contribution in [2.24, 2.45) is 5.73 Å². The van der Waals surface area contributed by atoms with E-state index in [9.17, 15) is 0 Å². The number of rotatable bonds is 6. The summed E-state index contributed by atoms with van der Waals surface area (Å²) in [5, 5.41) is 0. The average molecular weight is 356 g/mol. The van der Waals surface area contributed by atoms with Gasteiger partial charge in [-0.2, -0.15) is 0 Å². The molecule has 0 aliphatic carbocycles. The van der Waals surface area contributed by atoms with E-state index in [1.54, 1.807) is 7.11 Å². The van der Waals surface area contributed by atoms with Crippen molar-refractivity contribution in [3.63, 3.8) is 0 Å². The summed E-state index contributed by atoms with van der Waals surface area (Å²) < 4.78 is 6.62. The maximum atomic E-state index is 6.13. The molecule has 1 saturated heterocycles. The van der Waals surface area contributed by atoms with Crippen molar-refractivity contribution < 1.29 is 4.74 Å². The number of ether oxygens (including phenoxy) is 1. The highest BCUT2D eigenvalue weighted by atomic mass is 79.9.